The van der Waals surface area contributed by atoms with E-state index in [1.165, 1.54) is 31.3 Å². The topological polar surface area (TPSA) is 98.1 Å². The number of hydrogen-bond acceptors (Lipinski definition) is 6. The number of nitrogens with one attached hydrogen (secondary N) is 3. The zero-order valence-electron chi connectivity index (χ0n) is 19.3. The van der Waals surface area contributed by atoms with Crippen molar-refractivity contribution in [3.63, 3.8) is 0 Å². The molecule has 0 bridgehead atoms. The lowest BCUT2D eigenvalue weighted by Crippen LogP contribution is -2.26. The predicted molar refractivity (Wildman–Crippen MR) is 127 cm³/mol. The summed E-state index contributed by atoms with van der Waals surface area (Å²) in [5, 5.41) is 23.6. The van der Waals surface area contributed by atoms with Gasteiger partial charge in [-0.15, -0.1) is 0 Å². The first-order valence-corrected chi connectivity index (χ1v) is 11.8. The van der Waals surface area contributed by atoms with Crippen LogP contribution in [0.15, 0.2) is 46.1 Å². The Kier molecular flexibility index (Phi) is 6.99. The zero-order chi connectivity index (χ0) is 22.5. The van der Waals surface area contributed by atoms with E-state index in [1.807, 2.05) is 13.0 Å². The van der Waals surface area contributed by atoms with Gasteiger partial charge in [-0.05, 0) is 70.3 Å². The second-order valence-corrected chi connectivity index (χ2v) is 9.12. The van der Waals surface area contributed by atoms with Crippen molar-refractivity contribution in [1.82, 2.24) is 15.5 Å². The molecule has 1 heterocycles. The fourth-order valence-corrected chi connectivity index (χ4v) is 4.23. The Morgan fingerprint density at radius 3 is 2.72 bits per heavy atom. The fourth-order valence-electron chi connectivity index (χ4n) is 4.23. The first-order chi connectivity index (χ1) is 15.6. The van der Waals surface area contributed by atoms with Gasteiger partial charge in [0.25, 0.3) is 0 Å². The van der Waals surface area contributed by atoms with Gasteiger partial charge in [-0.3, -0.25) is 5.10 Å². The standard InChI is InChI=1S/C25H34N6O/c1-4-19(14-26)27-15-20(5-2)28-24-13-23(30-31-24)18-9-10-21(12-18)32-25(17-7-6-8-17)29-22-11-16(22)3/h4-5,13,15-16,18,21-22,29H,6-12H2,1-3H3,(H2,28,30,31)/b19-4-,20-5-,27-15+. The van der Waals surface area contributed by atoms with Gasteiger partial charge in [0.2, 0.25) is 0 Å². The van der Waals surface area contributed by atoms with Gasteiger partial charge in [0.1, 0.15) is 17.9 Å². The molecule has 3 aliphatic rings. The van der Waals surface area contributed by atoms with E-state index < -0.39 is 0 Å². The van der Waals surface area contributed by atoms with Gasteiger partial charge in [-0.25, -0.2) is 4.99 Å². The van der Waals surface area contributed by atoms with Crippen molar-refractivity contribution in [3.05, 3.63) is 46.8 Å². The van der Waals surface area contributed by atoms with Gasteiger partial charge in [-0.2, -0.15) is 10.4 Å². The minimum atomic E-state index is 0.257. The van der Waals surface area contributed by atoms with Crippen molar-refractivity contribution in [2.45, 2.75) is 83.8 Å². The summed E-state index contributed by atoms with van der Waals surface area (Å²) in [5.74, 6) is 3.02. The number of nitrogens with zero attached hydrogens (tertiary/aromatic N) is 3. The van der Waals surface area contributed by atoms with E-state index in [2.05, 4.69) is 44.9 Å². The van der Waals surface area contributed by atoms with E-state index in [0.29, 0.717) is 17.7 Å². The Morgan fingerprint density at radius 1 is 1.28 bits per heavy atom. The number of rotatable bonds is 9. The first-order valence-electron chi connectivity index (χ1n) is 11.8. The highest BCUT2D eigenvalue weighted by molar-refractivity contribution is 5.83. The van der Waals surface area contributed by atoms with E-state index >= 15 is 0 Å². The Morgan fingerprint density at radius 2 is 2.09 bits per heavy atom. The SMILES string of the molecule is C\C=C(C#N)/N=C/C(=C/C)Nc1cc(C2CCC(OC(NC3CC3C)=C3CCC3)C2)[nH]n1. The summed E-state index contributed by atoms with van der Waals surface area (Å²) < 4.78 is 6.49. The van der Waals surface area contributed by atoms with Crippen LogP contribution in [0.4, 0.5) is 5.82 Å². The van der Waals surface area contributed by atoms with Crippen molar-refractivity contribution >= 4 is 12.0 Å². The number of aliphatic imine (C=N–C) groups is 1. The Bertz CT molecular complexity index is 973. The molecule has 1 aromatic rings. The third-order valence-electron chi connectivity index (χ3n) is 6.72. The maximum absolute atomic E-state index is 9.00. The Hall–Kier alpha value is -3.01. The number of aromatic amines is 1. The summed E-state index contributed by atoms with van der Waals surface area (Å²) in [6.07, 6.45) is 13.6. The molecule has 32 heavy (non-hydrogen) atoms. The third-order valence-corrected chi connectivity index (χ3v) is 6.72. The monoisotopic (exact) mass is 434 g/mol. The summed E-state index contributed by atoms with van der Waals surface area (Å²) in [6, 6.07) is 4.72. The van der Waals surface area contributed by atoms with Crippen LogP contribution in [-0.2, 0) is 4.74 Å². The van der Waals surface area contributed by atoms with Crippen LogP contribution in [0.25, 0.3) is 0 Å². The molecule has 0 aromatic carbocycles. The maximum Gasteiger partial charge on any atom is 0.186 e. The van der Waals surface area contributed by atoms with Crippen LogP contribution >= 0.6 is 0 Å². The van der Waals surface area contributed by atoms with Crippen LogP contribution in [0, 0.1) is 17.2 Å². The molecule has 170 valence electrons. The number of allylic oxidation sites excluding steroid dienone is 5. The lowest BCUT2D eigenvalue weighted by molar-refractivity contribution is 0.0983. The highest BCUT2D eigenvalue weighted by Crippen LogP contribution is 2.39. The molecule has 4 rings (SSSR count). The summed E-state index contributed by atoms with van der Waals surface area (Å²) in [5.41, 5.74) is 3.78. The molecule has 0 saturated heterocycles. The summed E-state index contributed by atoms with van der Waals surface area (Å²) in [7, 11) is 0. The number of hydrogen-bond donors (Lipinski definition) is 3. The quantitative estimate of drug-likeness (QED) is 0.279. The Labute approximate surface area is 190 Å². The third kappa shape index (κ3) is 5.42. The van der Waals surface area contributed by atoms with Crippen molar-refractivity contribution < 1.29 is 4.74 Å². The second-order valence-electron chi connectivity index (χ2n) is 9.12. The van der Waals surface area contributed by atoms with E-state index in [0.717, 1.165) is 48.3 Å². The highest BCUT2D eigenvalue weighted by atomic mass is 16.5. The molecule has 0 amide bonds. The van der Waals surface area contributed by atoms with Crippen LogP contribution in [-0.4, -0.2) is 28.6 Å². The molecule has 4 unspecified atom stereocenters. The smallest absolute Gasteiger partial charge is 0.186 e. The van der Waals surface area contributed by atoms with Crippen molar-refractivity contribution in [2.24, 2.45) is 10.9 Å². The van der Waals surface area contributed by atoms with Crippen molar-refractivity contribution in [1.29, 1.82) is 5.26 Å². The van der Waals surface area contributed by atoms with E-state index in [1.54, 1.807) is 19.2 Å². The minimum absolute atomic E-state index is 0.257. The van der Waals surface area contributed by atoms with Crippen LogP contribution < -0.4 is 10.6 Å². The zero-order valence-corrected chi connectivity index (χ0v) is 19.3. The van der Waals surface area contributed by atoms with Gasteiger partial charge in [-0.1, -0.05) is 19.1 Å². The Balaban J connectivity index is 1.32. The van der Waals surface area contributed by atoms with Gasteiger partial charge in [0.15, 0.2) is 11.7 Å². The molecule has 0 spiro atoms. The van der Waals surface area contributed by atoms with Gasteiger partial charge in [0.05, 0.1) is 11.9 Å². The minimum Gasteiger partial charge on any atom is -0.476 e. The van der Waals surface area contributed by atoms with Crippen LogP contribution in [0.1, 0.15) is 77.3 Å². The number of nitriles is 1. The number of anilines is 1. The molecule has 3 saturated carbocycles. The molecule has 7 nitrogen and oxygen atoms in total. The van der Waals surface area contributed by atoms with E-state index in [9.17, 15) is 0 Å². The molecule has 3 fully saturated rings. The molecule has 0 aliphatic heterocycles. The molecule has 3 N–H and O–H groups in total. The van der Waals surface area contributed by atoms with Crippen LogP contribution in [0.3, 0.4) is 0 Å². The van der Waals surface area contributed by atoms with Crippen molar-refractivity contribution in [3.8, 4) is 6.07 Å². The highest BCUT2D eigenvalue weighted by Gasteiger charge is 2.36. The molecule has 0 radical (unpaired) electrons. The summed E-state index contributed by atoms with van der Waals surface area (Å²) in [4.78, 5) is 4.18. The maximum atomic E-state index is 9.00. The average Bonchev–Trinajstić information content (AvgIpc) is 3.13. The van der Waals surface area contributed by atoms with E-state index in [4.69, 9.17) is 10.00 Å². The fraction of sp³-hybridized carbons (Fsp3) is 0.560. The molecule has 3 aliphatic carbocycles. The lowest BCUT2D eigenvalue weighted by Gasteiger charge is -2.26. The first kappa shape index (κ1) is 22.2. The molecular weight excluding hydrogens is 400 g/mol. The predicted octanol–water partition coefficient (Wildman–Crippen LogP) is 5.27. The van der Waals surface area contributed by atoms with E-state index in [-0.39, 0.29) is 6.10 Å². The number of H-pyrrole nitrogens is 1. The van der Waals surface area contributed by atoms with Gasteiger partial charge >= 0.3 is 0 Å². The van der Waals surface area contributed by atoms with Crippen molar-refractivity contribution in [2.75, 3.05) is 5.32 Å². The molecule has 7 heteroatoms. The largest absolute Gasteiger partial charge is 0.476 e. The second kappa shape index (κ2) is 10.1. The van der Waals surface area contributed by atoms with Crippen LogP contribution in [0.5, 0.6) is 0 Å². The van der Waals surface area contributed by atoms with Crippen LogP contribution in [0.2, 0.25) is 0 Å². The van der Waals surface area contributed by atoms with Gasteiger partial charge < -0.3 is 15.4 Å². The molecule has 4 atom stereocenters. The number of aromatic nitrogens is 2. The summed E-state index contributed by atoms with van der Waals surface area (Å²) >= 11 is 0. The molecule has 1 aromatic heterocycles. The number of ether oxygens (including phenoxy) is 1. The van der Waals surface area contributed by atoms with Gasteiger partial charge in [0, 0.05) is 23.7 Å². The normalized spacial score (nSPS) is 27.8. The molecular formula is C25H34N6O. The summed E-state index contributed by atoms with van der Waals surface area (Å²) in [6.45, 7) is 6.02. The average molecular weight is 435 g/mol. The lowest BCUT2D eigenvalue weighted by atomic mass is 9.93.